The van der Waals surface area contributed by atoms with Crippen molar-refractivity contribution in [2.24, 2.45) is 5.14 Å². The van der Waals surface area contributed by atoms with Crippen LogP contribution >= 0.6 is 0 Å². The number of urea groups is 1. The second-order valence-electron chi connectivity index (χ2n) is 5.76. The van der Waals surface area contributed by atoms with Crippen molar-refractivity contribution < 1.29 is 22.7 Å². The fourth-order valence-electron chi connectivity index (χ4n) is 2.28. The second-order valence-corrected chi connectivity index (χ2v) is 7.32. The predicted molar refractivity (Wildman–Crippen MR) is 101 cm³/mol. The molecule has 0 unspecified atom stereocenters. The summed E-state index contributed by atoms with van der Waals surface area (Å²) >= 11 is 0. The molecule has 0 saturated carbocycles. The van der Waals surface area contributed by atoms with Crippen molar-refractivity contribution in [2.75, 3.05) is 20.3 Å². The third-order valence-electron chi connectivity index (χ3n) is 3.77. The van der Waals surface area contributed by atoms with E-state index in [-0.39, 0.29) is 17.0 Å². The third-order valence-corrected chi connectivity index (χ3v) is 4.70. The van der Waals surface area contributed by atoms with E-state index in [4.69, 9.17) is 14.6 Å². The average Bonchev–Trinajstić information content (AvgIpc) is 2.65. The van der Waals surface area contributed by atoms with Gasteiger partial charge in [0.1, 0.15) is 18.1 Å². The van der Waals surface area contributed by atoms with Crippen LogP contribution in [0.1, 0.15) is 18.5 Å². The van der Waals surface area contributed by atoms with E-state index in [0.29, 0.717) is 18.9 Å². The lowest BCUT2D eigenvalue weighted by Crippen LogP contribution is -2.39. The molecule has 0 radical (unpaired) electrons. The maximum atomic E-state index is 11.9. The van der Waals surface area contributed by atoms with Crippen molar-refractivity contribution in [2.45, 2.75) is 17.9 Å². The van der Waals surface area contributed by atoms with Gasteiger partial charge in [-0.3, -0.25) is 0 Å². The topological polar surface area (TPSA) is 120 Å². The molecule has 9 heteroatoms. The number of ether oxygens (including phenoxy) is 2. The number of hydrogen-bond donors (Lipinski definition) is 3. The Labute approximate surface area is 158 Å². The second kappa shape index (κ2) is 9.24. The van der Waals surface area contributed by atoms with E-state index in [0.717, 1.165) is 11.3 Å². The number of sulfonamides is 1. The van der Waals surface area contributed by atoms with Crippen LogP contribution in [0.4, 0.5) is 4.79 Å². The number of primary sulfonamides is 1. The molecule has 0 bridgehead atoms. The first-order chi connectivity index (χ1) is 12.8. The Kier molecular flexibility index (Phi) is 7.03. The monoisotopic (exact) mass is 393 g/mol. The lowest BCUT2D eigenvalue weighted by Gasteiger charge is -2.15. The zero-order valence-electron chi connectivity index (χ0n) is 15.1. The number of rotatable bonds is 8. The number of carbonyl (C=O) groups excluding carboxylic acids is 1. The molecule has 0 aliphatic heterocycles. The molecule has 0 saturated heterocycles. The molecule has 8 nitrogen and oxygen atoms in total. The highest BCUT2D eigenvalue weighted by Gasteiger charge is 2.11. The van der Waals surface area contributed by atoms with E-state index < -0.39 is 10.0 Å². The van der Waals surface area contributed by atoms with Crippen LogP contribution < -0.4 is 25.2 Å². The molecule has 27 heavy (non-hydrogen) atoms. The molecule has 146 valence electrons. The Balaban J connectivity index is 1.74. The SMILES string of the molecule is COc1ccc(OCCNC(=O)N[C@@H](C)c2ccc(S(N)(=O)=O)cc2)cc1. The van der Waals surface area contributed by atoms with Gasteiger partial charge in [0.15, 0.2) is 0 Å². The predicted octanol–water partition coefficient (Wildman–Crippen LogP) is 1.78. The Morgan fingerprint density at radius 3 is 2.22 bits per heavy atom. The summed E-state index contributed by atoms with van der Waals surface area (Å²) in [6.07, 6.45) is 0. The molecule has 4 N–H and O–H groups in total. The van der Waals surface area contributed by atoms with Crippen LogP contribution in [-0.2, 0) is 10.0 Å². The van der Waals surface area contributed by atoms with Crippen LogP contribution in [0.25, 0.3) is 0 Å². The maximum absolute atomic E-state index is 11.9. The summed E-state index contributed by atoms with van der Waals surface area (Å²) in [7, 11) is -2.14. The van der Waals surface area contributed by atoms with Gasteiger partial charge in [0, 0.05) is 0 Å². The van der Waals surface area contributed by atoms with Crippen LogP contribution in [0, 0.1) is 0 Å². The Bertz CT molecular complexity index is 852. The molecule has 0 fully saturated rings. The summed E-state index contributed by atoms with van der Waals surface area (Å²) in [5, 5.41) is 10.5. The van der Waals surface area contributed by atoms with E-state index >= 15 is 0 Å². The summed E-state index contributed by atoms with van der Waals surface area (Å²) in [4.78, 5) is 12.0. The van der Waals surface area contributed by atoms with Gasteiger partial charge in [-0.1, -0.05) is 12.1 Å². The van der Waals surface area contributed by atoms with Gasteiger partial charge >= 0.3 is 6.03 Å². The minimum atomic E-state index is -3.73. The van der Waals surface area contributed by atoms with Crippen LogP contribution in [0.5, 0.6) is 11.5 Å². The summed E-state index contributed by atoms with van der Waals surface area (Å²) < 4.78 is 33.1. The number of carbonyl (C=O) groups is 1. The number of nitrogens with one attached hydrogen (secondary N) is 2. The van der Waals surface area contributed by atoms with Gasteiger partial charge in [-0.2, -0.15) is 0 Å². The molecule has 0 aliphatic rings. The van der Waals surface area contributed by atoms with E-state index in [1.165, 1.54) is 12.1 Å². The first-order valence-corrected chi connectivity index (χ1v) is 9.78. The highest BCUT2D eigenvalue weighted by molar-refractivity contribution is 7.89. The first-order valence-electron chi connectivity index (χ1n) is 8.23. The van der Waals surface area contributed by atoms with E-state index in [2.05, 4.69) is 10.6 Å². The van der Waals surface area contributed by atoms with Crippen molar-refractivity contribution in [3.05, 3.63) is 54.1 Å². The fourth-order valence-corrected chi connectivity index (χ4v) is 2.80. The zero-order valence-corrected chi connectivity index (χ0v) is 16.0. The number of amides is 2. The quantitative estimate of drug-likeness (QED) is 0.591. The van der Waals surface area contributed by atoms with Gasteiger partial charge < -0.3 is 20.1 Å². The van der Waals surface area contributed by atoms with E-state index in [1.54, 1.807) is 50.4 Å². The molecular weight excluding hydrogens is 370 g/mol. The normalized spacial score (nSPS) is 12.1. The van der Waals surface area contributed by atoms with Crippen LogP contribution in [0.3, 0.4) is 0 Å². The van der Waals surface area contributed by atoms with Crippen molar-refractivity contribution in [1.29, 1.82) is 0 Å². The lowest BCUT2D eigenvalue weighted by atomic mass is 10.1. The highest BCUT2D eigenvalue weighted by atomic mass is 32.2. The van der Waals surface area contributed by atoms with Gasteiger partial charge in [-0.25, -0.2) is 18.4 Å². The Morgan fingerprint density at radius 2 is 1.67 bits per heavy atom. The van der Waals surface area contributed by atoms with Crippen LogP contribution in [0.2, 0.25) is 0 Å². The summed E-state index contributed by atoms with van der Waals surface area (Å²) in [6, 6.07) is 12.5. The molecule has 0 aliphatic carbocycles. The highest BCUT2D eigenvalue weighted by Crippen LogP contribution is 2.17. The zero-order chi connectivity index (χ0) is 19.9. The standard InChI is InChI=1S/C18H23N3O5S/c1-13(14-3-9-17(10-4-14)27(19,23)24)21-18(22)20-11-12-26-16-7-5-15(25-2)6-8-16/h3-10,13H,11-12H2,1-2H3,(H2,19,23,24)(H2,20,21,22)/t13-/m0/s1. The van der Waals surface area contributed by atoms with E-state index in [9.17, 15) is 13.2 Å². The fraction of sp³-hybridized carbons (Fsp3) is 0.278. The lowest BCUT2D eigenvalue weighted by molar-refractivity contribution is 0.233. The van der Waals surface area contributed by atoms with E-state index in [1.807, 2.05) is 0 Å². The molecule has 0 aromatic heterocycles. The Morgan fingerprint density at radius 1 is 1.07 bits per heavy atom. The van der Waals surface area contributed by atoms with Gasteiger partial charge in [0.25, 0.3) is 0 Å². The van der Waals surface area contributed by atoms with Gasteiger partial charge in [-0.05, 0) is 48.9 Å². The molecule has 2 rings (SSSR count). The summed E-state index contributed by atoms with van der Waals surface area (Å²) in [5.41, 5.74) is 0.757. The van der Waals surface area contributed by atoms with Crippen molar-refractivity contribution in [3.63, 3.8) is 0 Å². The number of nitrogens with two attached hydrogens (primary N) is 1. The number of methoxy groups -OCH3 is 1. The molecule has 2 amide bonds. The third kappa shape index (κ3) is 6.46. The van der Waals surface area contributed by atoms with Gasteiger partial charge in [0.05, 0.1) is 24.6 Å². The molecule has 1 atom stereocenters. The Hall–Kier alpha value is -2.78. The first kappa shape index (κ1) is 20.5. The van der Waals surface area contributed by atoms with Crippen molar-refractivity contribution >= 4 is 16.1 Å². The maximum Gasteiger partial charge on any atom is 0.315 e. The average molecular weight is 393 g/mol. The van der Waals surface area contributed by atoms with Gasteiger partial charge in [-0.15, -0.1) is 0 Å². The van der Waals surface area contributed by atoms with Crippen LogP contribution in [0.15, 0.2) is 53.4 Å². The smallest absolute Gasteiger partial charge is 0.315 e. The number of benzene rings is 2. The van der Waals surface area contributed by atoms with Crippen molar-refractivity contribution in [3.8, 4) is 11.5 Å². The van der Waals surface area contributed by atoms with Crippen LogP contribution in [-0.4, -0.2) is 34.7 Å². The minimum Gasteiger partial charge on any atom is -0.497 e. The van der Waals surface area contributed by atoms with Gasteiger partial charge in [0.2, 0.25) is 10.0 Å². The molecular formula is C18H23N3O5S. The summed E-state index contributed by atoms with van der Waals surface area (Å²) in [5.74, 6) is 1.42. The largest absolute Gasteiger partial charge is 0.497 e. The minimum absolute atomic E-state index is 0.0265. The molecule has 0 heterocycles. The number of hydrogen-bond acceptors (Lipinski definition) is 5. The van der Waals surface area contributed by atoms with Crippen molar-refractivity contribution in [1.82, 2.24) is 10.6 Å². The molecule has 2 aromatic carbocycles. The molecule has 0 spiro atoms. The molecule has 2 aromatic rings. The summed E-state index contributed by atoms with van der Waals surface area (Å²) in [6.45, 7) is 2.44.